The van der Waals surface area contributed by atoms with Crippen molar-refractivity contribution in [3.8, 4) is 17.2 Å². The van der Waals surface area contributed by atoms with Gasteiger partial charge in [-0.2, -0.15) is 0 Å². The lowest BCUT2D eigenvalue weighted by Crippen LogP contribution is -2.22. The van der Waals surface area contributed by atoms with Crippen LogP contribution in [0.4, 0.5) is 0 Å². The molecule has 0 spiro atoms. The van der Waals surface area contributed by atoms with Gasteiger partial charge in [0.1, 0.15) is 5.75 Å². The molecule has 2 aromatic rings. The van der Waals surface area contributed by atoms with Gasteiger partial charge in [-0.25, -0.2) is 0 Å². The average Bonchev–Trinajstić information content (AvgIpc) is 2.47. The van der Waals surface area contributed by atoms with E-state index in [0.717, 1.165) is 28.1 Å². The quantitative estimate of drug-likeness (QED) is 0.816. The van der Waals surface area contributed by atoms with Crippen molar-refractivity contribution in [2.24, 2.45) is 0 Å². The van der Waals surface area contributed by atoms with Crippen LogP contribution in [-0.4, -0.2) is 13.2 Å². The van der Waals surface area contributed by atoms with Gasteiger partial charge in [0.25, 0.3) is 0 Å². The van der Waals surface area contributed by atoms with Gasteiger partial charge >= 0.3 is 0 Å². The summed E-state index contributed by atoms with van der Waals surface area (Å²) in [6.45, 7) is 5.01. The van der Waals surface area contributed by atoms with Crippen LogP contribution in [0.1, 0.15) is 19.4 Å². The van der Waals surface area contributed by atoms with E-state index in [1.807, 2.05) is 36.4 Å². The van der Waals surface area contributed by atoms with Crippen molar-refractivity contribution in [1.82, 2.24) is 5.32 Å². The molecule has 0 aliphatic heterocycles. The summed E-state index contributed by atoms with van der Waals surface area (Å²) in [6.07, 6.45) is 0. The highest BCUT2D eigenvalue weighted by Gasteiger charge is 2.09. The highest BCUT2D eigenvalue weighted by Crippen LogP contribution is 2.34. The predicted molar refractivity (Wildman–Crippen MR) is 89.2 cm³/mol. The second kappa shape index (κ2) is 7.48. The molecule has 1 N–H and O–H groups in total. The molecule has 0 aliphatic rings. The Labute approximate surface area is 134 Å². The van der Waals surface area contributed by atoms with Crippen molar-refractivity contribution in [3.05, 3.63) is 52.5 Å². The molecule has 3 nitrogen and oxygen atoms in total. The van der Waals surface area contributed by atoms with E-state index in [0.29, 0.717) is 11.8 Å². The van der Waals surface area contributed by atoms with Gasteiger partial charge in [0.05, 0.1) is 7.11 Å². The number of ether oxygens (including phenoxy) is 2. The summed E-state index contributed by atoms with van der Waals surface area (Å²) in [5, 5.41) is 3.41. The maximum atomic E-state index is 6.05. The molecule has 0 fully saturated rings. The van der Waals surface area contributed by atoms with Gasteiger partial charge in [0.2, 0.25) is 0 Å². The molecular formula is C17H20BrNO2. The second-order valence-corrected chi connectivity index (χ2v) is 5.96. The van der Waals surface area contributed by atoms with Crippen LogP contribution < -0.4 is 14.8 Å². The summed E-state index contributed by atoms with van der Waals surface area (Å²) in [6, 6.07) is 14.1. The number of para-hydroxylation sites is 2. The van der Waals surface area contributed by atoms with Crippen molar-refractivity contribution >= 4 is 15.9 Å². The molecule has 21 heavy (non-hydrogen) atoms. The highest BCUT2D eigenvalue weighted by atomic mass is 79.9. The summed E-state index contributed by atoms with van der Waals surface area (Å²) in [5.41, 5.74) is 1.11. The van der Waals surface area contributed by atoms with Crippen LogP contribution in [0, 0.1) is 0 Å². The fourth-order valence-corrected chi connectivity index (χ4v) is 2.25. The number of nitrogens with one attached hydrogen (secondary N) is 1. The lowest BCUT2D eigenvalue weighted by molar-refractivity contribution is 0.377. The van der Waals surface area contributed by atoms with Gasteiger partial charge < -0.3 is 14.8 Å². The Kier molecular flexibility index (Phi) is 5.65. The lowest BCUT2D eigenvalue weighted by Gasteiger charge is -2.15. The van der Waals surface area contributed by atoms with E-state index in [-0.39, 0.29) is 0 Å². The SMILES string of the molecule is COc1ccccc1Oc1cc(Br)ccc1CNC(C)C. The first-order chi connectivity index (χ1) is 10.1. The van der Waals surface area contributed by atoms with Gasteiger partial charge in [-0.15, -0.1) is 0 Å². The van der Waals surface area contributed by atoms with Crippen LogP contribution in [0.5, 0.6) is 17.2 Å². The third kappa shape index (κ3) is 4.48. The topological polar surface area (TPSA) is 30.5 Å². The number of methoxy groups -OCH3 is 1. The molecule has 0 heterocycles. The third-order valence-electron chi connectivity index (χ3n) is 3.02. The summed E-state index contributed by atoms with van der Waals surface area (Å²) < 4.78 is 12.4. The monoisotopic (exact) mass is 349 g/mol. The van der Waals surface area contributed by atoms with Gasteiger partial charge in [-0.3, -0.25) is 0 Å². The van der Waals surface area contributed by atoms with Crippen LogP contribution in [0.3, 0.4) is 0 Å². The minimum Gasteiger partial charge on any atom is -0.493 e. The van der Waals surface area contributed by atoms with Crippen LogP contribution >= 0.6 is 15.9 Å². The predicted octanol–water partition coefficient (Wildman–Crippen LogP) is 4.75. The maximum Gasteiger partial charge on any atom is 0.169 e. The molecule has 0 bridgehead atoms. The van der Waals surface area contributed by atoms with Crippen molar-refractivity contribution in [2.75, 3.05) is 7.11 Å². The number of hydrogen-bond acceptors (Lipinski definition) is 3. The van der Waals surface area contributed by atoms with E-state index >= 15 is 0 Å². The van der Waals surface area contributed by atoms with Crippen molar-refractivity contribution in [1.29, 1.82) is 0 Å². The highest BCUT2D eigenvalue weighted by molar-refractivity contribution is 9.10. The van der Waals surface area contributed by atoms with E-state index in [9.17, 15) is 0 Å². The molecule has 0 unspecified atom stereocenters. The zero-order valence-electron chi connectivity index (χ0n) is 12.5. The van der Waals surface area contributed by atoms with Gasteiger partial charge in [0.15, 0.2) is 11.5 Å². The lowest BCUT2D eigenvalue weighted by atomic mass is 10.2. The summed E-state index contributed by atoms with van der Waals surface area (Å²) >= 11 is 3.49. The van der Waals surface area contributed by atoms with Gasteiger partial charge in [0, 0.05) is 22.6 Å². The second-order valence-electron chi connectivity index (χ2n) is 5.04. The molecule has 0 radical (unpaired) electrons. The molecule has 0 saturated carbocycles. The van der Waals surface area contributed by atoms with Gasteiger partial charge in [-0.05, 0) is 24.3 Å². The average molecular weight is 350 g/mol. The number of hydrogen-bond donors (Lipinski definition) is 1. The van der Waals surface area contributed by atoms with E-state index in [1.54, 1.807) is 7.11 Å². The molecule has 4 heteroatoms. The van der Waals surface area contributed by atoms with Gasteiger partial charge in [-0.1, -0.05) is 48.0 Å². The van der Waals surface area contributed by atoms with E-state index in [1.165, 1.54) is 0 Å². The van der Waals surface area contributed by atoms with Crippen LogP contribution in [0.15, 0.2) is 46.9 Å². The Hall–Kier alpha value is -1.52. The molecule has 2 rings (SSSR count). The van der Waals surface area contributed by atoms with Crippen LogP contribution in [-0.2, 0) is 6.54 Å². The Bertz CT molecular complexity index is 599. The zero-order chi connectivity index (χ0) is 15.2. The Morgan fingerprint density at radius 2 is 1.76 bits per heavy atom. The first-order valence-corrected chi connectivity index (χ1v) is 7.72. The fourth-order valence-electron chi connectivity index (χ4n) is 1.91. The minimum absolute atomic E-state index is 0.424. The van der Waals surface area contributed by atoms with Crippen molar-refractivity contribution in [2.45, 2.75) is 26.4 Å². The molecule has 0 aromatic heterocycles. The smallest absolute Gasteiger partial charge is 0.169 e. The molecule has 0 saturated heterocycles. The molecular weight excluding hydrogens is 330 g/mol. The Morgan fingerprint density at radius 1 is 1.05 bits per heavy atom. The normalized spacial score (nSPS) is 10.7. The first kappa shape index (κ1) is 15.9. The van der Waals surface area contributed by atoms with E-state index in [4.69, 9.17) is 9.47 Å². The van der Waals surface area contributed by atoms with Crippen LogP contribution in [0.25, 0.3) is 0 Å². The molecule has 0 amide bonds. The van der Waals surface area contributed by atoms with E-state index in [2.05, 4.69) is 41.2 Å². The van der Waals surface area contributed by atoms with Crippen molar-refractivity contribution in [3.63, 3.8) is 0 Å². The van der Waals surface area contributed by atoms with E-state index < -0.39 is 0 Å². The number of benzene rings is 2. The maximum absolute atomic E-state index is 6.05. The largest absolute Gasteiger partial charge is 0.493 e. The summed E-state index contributed by atoms with van der Waals surface area (Å²) in [5.74, 6) is 2.26. The first-order valence-electron chi connectivity index (χ1n) is 6.93. The molecule has 112 valence electrons. The molecule has 2 aromatic carbocycles. The standard InChI is InChI=1S/C17H20BrNO2/c1-12(2)19-11-13-8-9-14(18)10-17(13)21-16-7-5-4-6-15(16)20-3/h4-10,12,19H,11H2,1-3H3. The number of rotatable bonds is 6. The summed E-state index contributed by atoms with van der Waals surface area (Å²) in [4.78, 5) is 0. The van der Waals surface area contributed by atoms with Crippen molar-refractivity contribution < 1.29 is 9.47 Å². The third-order valence-corrected chi connectivity index (χ3v) is 3.51. The fraction of sp³-hybridized carbons (Fsp3) is 0.294. The molecule has 0 atom stereocenters. The summed E-state index contributed by atoms with van der Waals surface area (Å²) in [7, 11) is 1.64. The molecule has 0 aliphatic carbocycles. The minimum atomic E-state index is 0.424. The Morgan fingerprint density at radius 3 is 2.43 bits per heavy atom. The Balaban J connectivity index is 2.27. The van der Waals surface area contributed by atoms with Crippen LogP contribution in [0.2, 0.25) is 0 Å². The number of halogens is 1. The zero-order valence-corrected chi connectivity index (χ0v) is 14.1.